The number of aliphatic imine (C=N–C) groups is 1. The maximum atomic E-state index is 13.5. The first-order chi connectivity index (χ1) is 20.2. The van der Waals surface area contributed by atoms with Crippen molar-refractivity contribution in [1.29, 1.82) is 0 Å². The van der Waals surface area contributed by atoms with Crippen LogP contribution >= 0.6 is 11.3 Å². The van der Waals surface area contributed by atoms with Crippen molar-refractivity contribution in [3.05, 3.63) is 74.6 Å². The normalized spacial score (nSPS) is 23.0. The minimum absolute atomic E-state index is 0.0530. The number of sulfone groups is 1. The molecule has 1 N–H and O–H groups in total. The zero-order chi connectivity index (χ0) is 29.4. The molecule has 8 nitrogen and oxygen atoms in total. The Balaban J connectivity index is 1.14. The van der Waals surface area contributed by atoms with Crippen molar-refractivity contribution in [2.75, 3.05) is 36.5 Å². The number of hydrogen-bond donors (Lipinski definition) is 1. The van der Waals surface area contributed by atoms with Crippen LogP contribution < -0.4 is 5.32 Å². The summed E-state index contributed by atoms with van der Waals surface area (Å²) in [5.41, 5.74) is 6.04. The molecule has 1 amide bonds. The van der Waals surface area contributed by atoms with Crippen LogP contribution in [0.4, 0.5) is 5.69 Å². The number of rotatable bonds is 8. The molecule has 222 valence electrons. The fourth-order valence-corrected chi connectivity index (χ4v) is 8.09. The predicted molar refractivity (Wildman–Crippen MR) is 168 cm³/mol. The van der Waals surface area contributed by atoms with Crippen molar-refractivity contribution < 1.29 is 18.0 Å². The molecule has 2 aromatic rings. The molecule has 0 bridgehead atoms. The number of fused-ring (bicyclic) bond motifs is 2. The lowest BCUT2D eigenvalue weighted by Crippen LogP contribution is -2.46. The molecule has 0 radical (unpaired) electrons. The quantitative estimate of drug-likeness (QED) is 0.447. The topological polar surface area (TPSA) is 99.2 Å². The lowest BCUT2D eigenvalue weighted by atomic mass is 9.93. The van der Waals surface area contributed by atoms with Crippen LogP contribution in [-0.2, 0) is 34.0 Å². The minimum atomic E-state index is -2.97. The molecule has 1 atom stereocenters. The molecule has 6 rings (SSSR count). The van der Waals surface area contributed by atoms with Gasteiger partial charge in [-0.3, -0.25) is 14.6 Å². The molecule has 1 aromatic heterocycles. The Morgan fingerprint density at radius 2 is 1.98 bits per heavy atom. The van der Waals surface area contributed by atoms with Crippen LogP contribution in [0, 0.1) is 0 Å². The second kappa shape index (κ2) is 11.9. The molecule has 1 aromatic carbocycles. The van der Waals surface area contributed by atoms with Crippen molar-refractivity contribution >= 4 is 44.3 Å². The predicted octanol–water partition coefficient (Wildman–Crippen LogP) is 4.43. The Kier molecular flexibility index (Phi) is 8.22. The number of Topliss-reactive ketones (excluding diaryl/α,β-unsaturated/α-hetero) is 1. The number of anilines is 1. The standard InChI is InChI=1S/C32H38N4O4S2/c1-3-42(39,40)15-13-35-11-9-24(10-12-35)36-20-23-19-28-22(17-26(23)32(36)38)18-29(34-28)31-27(7-4-8-30(31)37)33-21(2)16-25-6-5-14-41-25/h4-7,14,17,19,21,24,34H,3,8-13,15-16,18,20H2,1-2H3/t21-/m0/s1. The number of amides is 1. The highest BCUT2D eigenvalue weighted by molar-refractivity contribution is 7.91. The molecule has 10 heteroatoms. The first-order valence-corrected chi connectivity index (χ1v) is 17.6. The first-order valence-electron chi connectivity index (χ1n) is 14.9. The van der Waals surface area contributed by atoms with Gasteiger partial charge in [0.1, 0.15) is 0 Å². The highest BCUT2D eigenvalue weighted by Gasteiger charge is 2.36. The summed E-state index contributed by atoms with van der Waals surface area (Å²) in [7, 11) is -2.97. The van der Waals surface area contributed by atoms with E-state index < -0.39 is 9.84 Å². The van der Waals surface area contributed by atoms with Crippen LogP contribution in [0.3, 0.4) is 0 Å². The van der Waals surface area contributed by atoms with Crippen molar-refractivity contribution in [2.45, 2.75) is 64.6 Å². The number of carbonyl (C=O) groups excluding carboxylic acids is 2. The van der Waals surface area contributed by atoms with E-state index in [1.807, 2.05) is 29.2 Å². The van der Waals surface area contributed by atoms with Crippen molar-refractivity contribution in [3.63, 3.8) is 0 Å². The second-order valence-corrected chi connectivity index (χ2v) is 15.2. The molecule has 3 aliphatic heterocycles. The summed E-state index contributed by atoms with van der Waals surface area (Å²) >= 11 is 1.72. The molecule has 0 saturated carbocycles. The van der Waals surface area contributed by atoms with E-state index in [1.165, 1.54) is 4.88 Å². The van der Waals surface area contributed by atoms with Crippen LogP contribution in [0.5, 0.6) is 0 Å². The number of likely N-dealkylation sites (tertiary alicyclic amines) is 1. The molecule has 1 saturated heterocycles. The molecule has 4 aliphatic rings. The average Bonchev–Trinajstić information content (AvgIpc) is 3.70. The molecular formula is C32H38N4O4S2. The van der Waals surface area contributed by atoms with Crippen LogP contribution in [0.1, 0.15) is 59.5 Å². The maximum Gasteiger partial charge on any atom is 0.254 e. The third kappa shape index (κ3) is 6.02. The third-order valence-electron chi connectivity index (χ3n) is 8.82. The average molecular weight is 607 g/mol. The van der Waals surface area contributed by atoms with Crippen molar-refractivity contribution in [1.82, 2.24) is 9.80 Å². The van der Waals surface area contributed by atoms with Gasteiger partial charge in [0.05, 0.1) is 23.1 Å². The number of benzene rings is 1. The summed E-state index contributed by atoms with van der Waals surface area (Å²) in [6.45, 7) is 6.52. The molecule has 42 heavy (non-hydrogen) atoms. The molecule has 0 spiro atoms. The van der Waals surface area contributed by atoms with Gasteiger partial charge in [-0.05, 0) is 60.5 Å². The monoisotopic (exact) mass is 606 g/mol. The Morgan fingerprint density at radius 1 is 1.17 bits per heavy atom. The summed E-state index contributed by atoms with van der Waals surface area (Å²) in [4.78, 5) is 37.1. The van der Waals surface area contributed by atoms with E-state index in [4.69, 9.17) is 4.99 Å². The molecule has 4 heterocycles. The summed E-state index contributed by atoms with van der Waals surface area (Å²) in [5, 5.41) is 5.59. The van der Waals surface area contributed by atoms with E-state index in [2.05, 4.69) is 34.7 Å². The van der Waals surface area contributed by atoms with E-state index in [0.717, 1.165) is 66.1 Å². The number of carbonyl (C=O) groups is 2. The van der Waals surface area contributed by atoms with E-state index in [0.29, 0.717) is 31.5 Å². The number of nitrogens with one attached hydrogen (secondary N) is 1. The number of nitrogens with zero attached hydrogens (tertiary/aromatic N) is 3. The van der Waals surface area contributed by atoms with Gasteiger partial charge >= 0.3 is 0 Å². The number of hydrogen-bond acceptors (Lipinski definition) is 8. The van der Waals surface area contributed by atoms with E-state index in [-0.39, 0.29) is 35.3 Å². The number of thiophene rings is 1. The fraction of sp³-hybridized carbons (Fsp3) is 0.469. The van der Waals surface area contributed by atoms with Gasteiger partial charge in [0.2, 0.25) is 0 Å². The van der Waals surface area contributed by atoms with Crippen LogP contribution in [-0.4, -0.2) is 78.8 Å². The highest BCUT2D eigenvalue weighted by Crippen LogP contribution is 2.38. The zero-order valence-electron chi connectivity index (χ0n) is 24.3. The minimum Gasteiger partial charge on any atom is -0.358 e. The zero-order valence-corrected chi connectivity index (χ0v) is 25.9. The lowest BCUT2D eigenvalue weighted by molar-refractivity contribution is -0.114. The Labute approximate surface area is 252 Å². The highest BCUT2D eigenvalue weighted by atomic mass is 32.2. The van der Waals surface area contributed by atoms with Gasteiger partial charge in [-0.25, -0.2) is 8.42 Å². The van der Waals surface area contributed by atoms with Crippen LogP contribution in [0.15, 0.2) is 58.1 Å². The van der Waals surface area contributed by atoms with Gasteiger partial charge in [0.25, 0.3) is 5.91 Å². The number of piperidine rings is 1. The summed E-state index contributed by atoms with van der Waals surface area (Å²) in [5.74, 6) is 0.520. The van der Waals surface area contributed by atoms with Gasteiger partial charge < -0.3 is 15.1 Å². The maximum absolute atomic E-state index is 13.5. The van der Waals surface area contributed by atoms with E-state index in [1.54, 1.807) is 18.3 Å². The molecule has 1 aliphatic carbocycles. The molecule has 1 fully saturated rings. The third-order valence-corrected chi connectivity index (χ3v) is 11.4. The van der Waals surface area contributed by atoms with Gasteiger partial charge in [0.15, 0.2) is 15.6 Å². The first kappa shape index (κ1) is 29.0. The number of allylic oxidation sites excluding steroid dienone is 4. The summed E-state index contributed by atoms with van der Waals surface area (Å²) in [6, 6.07) is 8.47. The van der Waals surface area contributed by atoms with E-state index >= 15 is 0 Å². The van der Waals surface area contributed by atoms with Crippen molar-refractivity contribution in [3.8, 4) is 0 Å². The second-order valence-electron chi connectivity index (χ2n) is 11.7. The smallest absolute Gasteiger partial charge is 0.254 e. The van der Waals surface area contributed by atoms with Crippen LogP contribution in [0.2, 0.25) is 0 Å². The Bertz CT molecular complexity index is 1580. The number of ketones is 1. The summed E-state index contributed by atoms with van der Waals surface area (Å²) in [6.07, 6.45) is 7.34. The van der Waals surface area contributed by atoms with Gasteiger partial charge in [-0.15, -0.1) is 11.3 Å². The fourth-order valence-electron chi connectivity index (χ4n) is 6.44. The molecule has 0 unspecified atom stereocenters. The Hall–Kier alpha value is -3.08. The van der Waals surface area contributed by atoms with Gasteiger partial charge in [0, 0.05) is 79.1 Å². The summed E-state index contributed by atoms with van der Waals surface area (Å²) < 4.78 is 23.8. The van der Waals surface area contributed by atoms with Gasteiger partial charge in [-0.2, -0.15) is 0 Å². The van der Waals surface area contributed by atoms with Gasteiger partial charge in [-0.1, -0.05) is 19.1 Å². The molecular weight excluding hydrogens is 569 g/mol. The lowest BCUT2D eigenvalue weighted by Gasteiger charge is -2.36. The Morgan fingerprint density at radius 3 is 2.71 bits per heavy atom. The largest absolute Gasteiger partial charge is 0.358 e. The van der Waals surface area contributed by atoms with E-state index in [9.17, 15) is 18.0 Å². The van der Waals surface area contributed by atoms with Crippen molar-refractivity contribution in [2.24, 2.45) is 4.99 Å². The van der Waals surface area contributed by atoms with Crippen LogP contribution in [0.25, 0.3) is 0 Å². The SMILES string of the molecule is CCS(=O)(=O)CCN1CCC(N2Cc3cc4c(cc3C2=O)CC(=C2C(=O)CC=CC2=N[C@@H](C)Cc2cccs2)N4)CC1.